The largest absolute Gasteiger partial charge is 0.505 e. The number of likely N-dealkylation sites (tertiary alicyclic amines) is 1. The van der Waals surface area contributed by atoms with Crippen LogP contribution in [0.3, 0.4) is 0 Å². The third kappa shape index (κ3) is 5.50. The molecule has 0 bridgehead atoms. The summed E-state index contributed by atoms with van der Waals surface area (Å²) in [4.78, 5) is 51.5. The van der Waals surface area contributed by atoms with E-state index in [4.69, 9.17) is 16.3 Å². The Hall–Kier alpha value is -5.88. The summed E-state index contributed by atoms with van der Waals surface area (Å²) in [6.07, 6.45) is -0.363. The molecule has 1 atom stereocenters. The van der Waals surface area contributed by atoms with E-state index >= 15 is 0 Å². The van der Waals surface area contributed by atoms with Crippen LogP contribution in [0.4, 0.5) is 18.9 Å². The first-order chi connectivity index (χ1) is 24.8. The van der Waals surface area contributed by atoms with Crippen molar-refractivity contribution < 1.29 is 32.6 Å². The van der Waals surface area contributed by atoms with Crippen molar-refractivity contribution in [3.05, 3.63) is 98.9 Å². The van der Waals surface area contributed by atoms with Gasteiger partial charge in [-0.15, -0.1) is 10.2 Å². The van der Waals surface area contributed by atoms with Gasteiger partial charge in [0.25, 0.3) is 11.5 Å². The first-order valence-corrected chi connectivity index (χ1v) is 16.3. The first kappa shape index (κ1) is 33.3. The highest BCUT2D eigenvalue weighted by atomic mass is 35.5. The van der Waals surface area contributed by atoms with Gasteiger partial charge in [0.2, 0.25) is 11.7 Å². The lowest BCUT2D eigenvalue weighted by atomic mass is 9.85. The van der Waals surface area contributed by atoms with E-state index in [-0.39, 0.29) is 65.3 Å². The second-order valence-electron chi connectivity index (χ2n) is 12.5. The van der Waals surface area contributed by atoms with Gasteiger partial charge in [-0.25, -0.2) is 9.50 Å². The normalized spacial score (nSPS) is 16.9. The standard InChI is InChI=1S/C33H26ClF3N10O5/c1-17-27-25(32(52-17)7-11-44(12-8-32)30(51)26-23(48)3-2-9-38-26)29(50)47-31(41-28(42-47)18-6-10-46-20(13-18)15-39-43-46)45(27)16-24(49)40-22-5-4-19(14-21(22)34)33(35,36)37/h2-6,9-10,13-15,17,48H,7-8,11-12,16H2,1H3,(H,40,49)/t17-/m1/s1. The second-order valence-corrected chi connectivity index (χ2v) is 12.9. The number of fused-ring (bicyclic) bond motifs is 4. The molecular weight excluding hydrogens is 709 g/mol. The number of halogens is 4. The molecule has 19 heteroatoms. The summed E-state index contributed by atoms with van der Waals surface area (Å²) in [7, 11) is 0. The van der Waals surface area contributed by atoms with Crippen LogP contribution in [-0.2, 0) is 27.9 Å². The van der Waals surface area contributed by atoms with Gasteiger partial charge in [0.15, 0.2) is 11.5 Å². The van der Waals surface area contributed by atoms with Crippen molar-refractivity contribution in [2.45, 2.75) is 44.2 Å². The van der Waals surface area contributed by atoms with Gasteiger partial charge in [-0.1, -0.05) is 16.8 Å². The molecule has 0 saturated carbocycles. The minimum atomic E-state index is -4.63. The molecule has 15 nitrogen and oxygen atoms in total. The van der Waals surface area contributed by atoms with E-state index in [1.807, 2.05) is 0 Å². The van der Waals surface area contributed by atoms with Crippen LogP contribution in [0.2, 0.25) is 5.02 Å². The maximum absolute atomic E-state index is 14.4. The molecule has 2 amide bonds. The lowest BCUT2D eigenvalue weighted by Crippen LogP contribution is -2.47. The van der Waals surface area contributed by atoms with Gasteiger partial charge in [-0.3, -0.25) is 14.4 Å². The van der Waals surface area contributed by atoms with E-state index in [2.05, 4.69) is 30.7 Å². The lowest BCUT2D eigenvalue weighted by Gasteiger charge is -2.39. The molecule has 7 heterocycles. The van der Waals surface area contributed by atoms with Crippen LogP contribution in [0.15, 0.2) is 65.8 Å². The van der Waals surface area contributed by atoms with Crippen LogP contribution < -0.4 is 10.9 Å². The molecule has 5 aromatic heterocycles. The second kappa shape index (κ2) is 12.1. The fourth-order valence-electron chi connectivity index (χ4n) is 6.90. The predicted octanol–water partition coefficient (Wildman–Crippen LogP) is 4.23. The van der Waals surface area contributed by atoms with Crippen molar-refractivity contribution in [2.75, 3.05) is 18.4 Å². The molecule has 0 aliphatic carbocycles. The van der Waals surface area contributed by atoms with Gasteiger partial charge in [0.1, 0.15) is 17.9 Å². The highest BCUT2D eigenvalue weighted by molar-refractivity contribution is 6.33. The van der Waals surface area contributed by atoms with Gasteiger partial charge in [-0.05, 0) is 62.2 Å². The van der Waals surface area contributed by atoms with E-state index in [1.165, 1.54) is 27.8 Å². The molecule has 0 radical (unpaired) electrons. The molecule has 2 N–H and O–H groups in total. The molecule has 2 aliphatic rings. The summed E-state index contributed by atoms with van der Waals surface area (Å²) >= 11 is 6.13. The van der Waals surface area contributed by atoms with Gasteiger partial charge in [0.05, 0.1) is 45.3 Å². The van der Waals surface area contributed by atoms with Crippen molar-refractivity contribution in [2.24, 2.45) is 0 Å². The number of piperidine rings is 1. The van der Waals surface area contributed by atoms with E-state index in [9.17, 15) is 32.7 Å². The quantitative estimate of drug-likeness (QED) is 0.261. The number of ether oxygens (including phenoxy) is 1. The van der Waals surface area contributed by atoms with E-state index in [0.717, 1.165) is 22.7 Å². The summed E-state index contributed by atoms with van der Waals surface area (Å²) in [5.74, 6) is -1.21. The van der Waals surface area contributed by atoms with Gasteiger partial charge < -0.3 is 24.6 Å². The summed E-state index contributed by atoms with van der Waals surface area (Å²) < 4.78 is 50.4. The molecule has 1 aromatic carbocycles. The molecule has 52 heavy (non-hydrogen) atoms. The summed E-state index contributed by atoms with van der Waals surface area (Å²) in [5.41, 5.74) is -1.03. The van der Waals surface area contributed by atoms with Crippen LogP contribution in [0, 0.1) is 0 Å². The van der Waals surface area contributed by atoms with Gasteiger partial charge >= 0.3 is 6.18 Å². The average Bonchev–Trinajstić information content (AvgIpc) is 3.84. The van der Waals surface area contributed by atoms with Crippen LogP contribution in [-0.4, -0.2) is 73.9 Å². The molecule has 2 aliphatic heterocycles. The highest BCUT2D eigenvalue weighted by Gasteiger charge is 2.50. The molecular formula is C33H26ClF3N10O5. The maximum atomic E-state index is 14.4. The number of nitrogens with one attached hydrogen (secondary N) is 1. The van der Waals surface area contributed by atoms with Crippen molar-refractivity contribution in [1.82, 2.24) is 43.9 Å². The number of benzene rings is 1. The van der Waals surface area contributed by atoms with Crippen LogP contribution in [0.5, 0.6) is 5.75 Å². The number of nitrogens with zero attached hydrogens (tertiary/aromatic N) is 9. The van der Waals surface area contributed by atoms with Crippen molar-refractivity contribution in [1.29, 1.82) is 0 Å². The highest BCUT2D eigenvalue weighted by Crippen LogP contribution is 2.48. The maximum Gasteiger partial charge on any atom is 0.416 e. The van der Waals surface area contributed by atoms with Crippen molar-refractivity contribution >= 4 is 40.4 Å². The van der Waals surface area contributed by atoms with Crippen LogP contribution in [0.25, 0.3) is 22.7 Å². The third-order valence-corrected chi connectivity index (χ3v) is 9.62. The Bertz CT molecular complexity index is 2490. The molecule has 1 spiro atoms. The number of carbonyl (C=O) groups is 2. The molecule has 1 saturated heterocycles. The van der Waals surface area contributed by atoms with Crippen molar-refractivity contribution in [3.63, 3.8) is 0 Å². The van der Waals surface area contributed by atoms with Crippen LogP contribution >= 0.6 is 11.6 Å². The molecule has 6 aromatic rings. The Labute approximate surface area is 295 Å². The van der Waals surface area contributed by atoms with Crippen molar-refractivity contribution in [3.8, 4) is 17.1 Å². The SMILES string of the molecule is C[C@H]1OC2(CCN(C(=O)c3ncccc3O)CC2)c2c1n(CC(=O)Nc1ccc(C(F)(F)F)cc1Cl)c1nc(-c3ccn4nncc4c3)nn1c2=O. The fraction of sp³-hybridized carbons (Fsp3) is 0.273. The van der Waals surface area contributed by atoms with E-state index in [0.29, 0.717) is 16.8 Å². The minimum absolute atomic E-state index is 0.0182. The van der Waals surface area contributed by atoms with Gasteiger partial charge in [-0.2, -0.15) is 22.7 Å². The lowest BCUT2D eigenvalue weighted by molar-refractivity contribution is -0.137. The summed E-state index contributed by atoms with van der Waals surface area (Å²) in [6.45, 7) is 1.60. The zero-order valence-electron chi connectivity index (χ0n) is 27.0. The van der Waals surface area contributed by atoms with Crippen LogP contribution in [0.1, 0.15) is 53.2 Å². The number of amides is 2. The number of carbonyl (C=O) groups excluding carboxylic acids is 2. The number of hydrogen-bond acceptors (Lipinski definition) is 10. The Morgan fingerprint density at radius 3 is 2.67 bits per heavy atom. The Kier molecular flexibility index (Phi) is 7.76. The number of alkyl halides is 3. The fourth-order valence-corrected chi connectivity index (χ4v) is 7.13. The van der Waals surface area contributed by atoms with Gasteiger partial charge in [0, 0.05) is 31.0 Å². The molecule has 266 valence electrons. The monoisotopic (exact) mass is 734 g/mol. The Morgan fingerprint density at radius 1 is 1.15 bits per heavy atom. The Morgan fingerprint density at radius 2 is 1.94 bits per heavy atom. The zero-order valence-corrected chi connectivity index (χ0v) is 27.8. The third-order valence-electron chi connectivity index (χ3n) is 9.31. The zero-order chi connectivity index (χ0) is 36.5. The number of aromatic nitrogens is 8. The average molecular weight is 735 g/mol. The number of hydrogen-bond donors (Lipinski definition) is 2. The van der Waals surface area contributed by atoms with E-state index in [1.54, 1.807) is 36.0 Å². The predicted molar refractivity (Wildman–Crippen MR) is 177 cm³/mol. The number of anilines is 1. The molecule has 1 fully saturated rings. The number of pyridine rings is 2. The Balaban J connectivity index is 1.19. The topological polar surface area (TPSA) is 174 Å². The molecule has 8 rings (SSSR count). The molecule has 0 unspecified atom stereocenters. The number of aromatic hydroxyl groups is 1. The summed E-state index contributed by atoms with van der Waals surface area (Å²) in [5, 5.41) is 24.8. The smallest absolute Gasteiger partial charge is 0.416 e. The number of rotatable bonds is 5. The van der Waals surface area contributed by atoms with E-state index < -0.39 is 47.4 Å². The minimum Gasteiger partial charge on any atom is -0.505 e. The first-order valence-electron chi connectivity index (χ1n) is 15.9. The summed E-state index contributed by atoms with van der Waals surface area (Å²) in [6, 6.07) is 8.89.